The second-order valence-corrected chi connectivity index (χ2v) is 11.9. The smallest absolute Gasteiger partial charge is 0.305 e. The van der Waals surface area contributed by atoms with Crippen molar-refractivity contribution in [2.45, 2.75) is 31.5 Å². The average molecular weight is 637 g/mol. The van der Waals surface area contributed by atoms with Gasteiger partial charge in [0.2, 0.25) is 5.75 Å². The van der Waals surface area contributed by atoms with Crippen LogP contribution in [0.15, 0.2) is 140 Å². The Labute approximate surface area is 280 Å². The van der Waals surface area contributed by atoms with Crippen LogP contribution in [0, 0.1) is 0 Å². The van der Waals surface area contributed by atoms with Crippen molar-refractivity contribution >= 4 is 0 Å². The van der Waals surface area contributed by atoms with Crippen molar-refractivity contribution in [3.8, 4) is 40.2 Å². The molecule has 0 atom stereocenters. The summed E-state index contributed by atoms with van der Waals surface area (Å²) in [4.78, 5) is 0. The quantitative estimate of drug-likeness (QED) is 0.148. The van der Waals surface area contributed by atoms with Crippen LogP contribution in [-0.4, -0.2) is 17.3 Å². The van der Waals surface area contributed by atoms with E-state index >= 15 is 0 Å². The Kier molecular flexibility index (Phi) is 8.63. The number of phenolic OH excluding ortho intramolecular Hbond substituents is 2. The zero-order valence-electron chi connectivity index (χ0n) is 26.6. The molecule has 1 aliphatic heterocycles. The van der Waals surface area contributed by atoms with E-state index in [2.05, 4.69) is 6.07 Å². The summed E-state index contributed by atoms with van der Waals surface area (Å²) >= 11 is 0. The number of hydrogen-bond acceptors (Lipinski definition) is 6. The molecule has 1 aliphatic rings. The van der Waals surface area contributed by atoms with Crippen molar-refractivity contribution in [3.63, 3.8) is 0 Å². The lowest BCUT2D eigenvalue weighted by molar-refractivity contribution is -0.0467. The molecule has 0 aliphatic carbocycles. The Bertz CT molecular complexity index is 1970. The first kappa shape index (κ1) is 30.8. The molecule has 48 heavy (non-hydrogen) atoms. The highest BCUT2D eigenvalue weighted by molar-refractivity contribution is 5.58. The first-order chi connectivity index (χ1) is 23.5. The second-order valence-electron chi connectivity index (χ2n) is 11.9. The molecule has 0 amide bonds. The van der Waals surface area contributed by atoms with Gasteiger partial charge in [-0.3, -0.25) is 0 Å². The van der Waals surface area contributed by atoms with Crippen LogP contribution in [0.3, 0.4) is 0 Å². The van der Waals surface area contributed by atoms with Gasteiger partial charge < -0.3 is 29.2 Å². The zero-order valence-corrected chi connectivity index (χ0v) is 26.6. The topological polar surface area (TPSA) is 77.4 Å². The molecule has 0 aromatic heterocycles. The lowest BCUT2D eigenvalue weighted by atomic mass is 9.97. The van der Waals surface area contributed by atoms with Crippen LogP contribution >= 0.6 is 0 Å². The highest BCUT2D eigenvalue weighted by Gasteiger charge is 2.46. The molecule has 2 N–H and O–H groups in total. The van der Waals surface area contributed by atoms with Crippen LogP contribution in [0.25, 0.3) is 0 Å². The Hall–Kier alpha value is -5.88. The van der Waals surface area contributed by atoms with Gasteiger partial charge in [-0.05, 0) is 90.4 Å². The lowest BCUT2D eigenvalue weighted by Gasteiger charge is -2.28. The highest BCUT2D eigenvalue weighted by atomic mass is 16.7. The SMILES string of the molecule is COc1cc(CCc2cccc(Oc3c(O)cccc3CCc3ccc(O)cc3)c2)cc2c1OC(c1ccccc1)(c1ccccc1)O2. The van der Waals surface area contributed by atoms with Crippen LogP contribution < -0.4 is 18.9 Å². The first-order valence-corrected chi connectivity index (χ1v) is 16.1. The normalized spacial score (nSPS) is 12.9. The number of hydrogen-bond donors (Lipinski definition) is 2. The molecular weight excluding hydrogens is 600 g/mol. The molecule has 1 heterocycles. The summed E-state index contributed by atoms with van der Waals surface area (Å²) in [7, 11) is 1.65. The number of fused-ring (bicyclic) bond motifs is 1. The fourth-order valence-electron chi connectivity index (χ4n) is 6.14. The Morgan fingerprint density at radius 3 is 1.96 bits per heavy atom. The number of para-hydroxylation sites is 1. The minimum atomic E-state index is -1.13. The predicted octanol–water partition coefficient (Wildman–Crippen LogP) is 9.14. The van der Waals surface area contributed by atoms with Crippen molar-refractivity contribution < 1.29 is 29.2 Å². The van der Waals surface area contributed by atoms with Gasteiger partial charge in [-0.1, -0.05) is 97.1 Å². The predicted molar refractivity (Wildman–Crippen MR) is 185 cm³/mol. The van der Waals surface area contributed by atoms with Crippen LogP contribution in [-0.2, 0) is 31.5 Å². The maximum Gasteiger partial charge on any atom is 0.305 e. The van der Waals surface area contributed by atoms with E-state index in [4.69, 9.17) is 18.9 Å². The van der Waals surface area contributed by atoms with E-state index in [1.54, 1.807) is 25.3 Å². The summed E-state index contributed by atoms with van der Waals surface area (Å²) in [5.74, 6) is 2.14. The third-order valence-corrected chi connectivity index (χ3v) is 8.62. The number of aryl methyl sites for hydroxylation is 4. The maximum atomic E-state index is 10.7. The van der Waals surface area contributed by atoms with E-state index in [1.165, 1.54) is 0 Å². The molecule has 6 nitrogen and oxygen atoms in total. The molecule has 6 aromatic rings. The molecule has 0 saturated carbocycles. The molecule has 6 heteroatoms. The third-order valence-electron chi connectivity index (χ3n) is 8.62. The first-order valence-electron chi connectivity index (χ1n) is 16.1. The fraction of sp³-hybridized carbons (Fsp3) is 0.143. The van der Waals surface area contributed by atoms with Gasteiger partial charge in [0.1, 0.15) is 11.5 Å². The standard InChI is InChI=1S/C42H36O6/c1-45-38-27-31(28-39-41(38)48-42(47-39,33-12-4-2-5-13-33)34-14-6-3-7-15-34)19-18-30-10-8-16-36(26-30)46-40-32(11-9-17-37(40)44)23-20-29-21-24-35(43)25-22-29/h2-17,21-22,24-28,43-44H,18-20,23H2,1H3. The van der Waals surface area contributed by atoms with Crippen molar-refractivity contribution in [1.82, 2.24) is 0 Å². The molecule has 0 radical (unpaired) electrons. The molecule has 0 unspecified atom stereocenters. The van der Waals surface area contributed by atoms with Crippen molar-refractivity contribution in [2.24, 2.45) is 0 Å². The minimum absolute atomic E-state index is 0.0955. The van der Waals surface area contributed by atoms with Gasteiger partial charge in [0.15, 0.2) is 23.0 Å². The molecular formula is C42H36O6. The molecule has 7 rings (SSSR count). The fourth-order valence-corrected chi connectivity index (χ4v) is 6.14. The van der Waals surface area contributed by atoms with Crippen LogP contribution in [0.2, 0.25) is 0 Å². The Morgan fingerprint density at radius 2 is 1.25 bits per heavy atom. The summed E-state index contributed by atoms with van der Waals surface area (Å²) in [6, 6.07) is 44.5. The summed E-state index contributed by atoms with van der Waals surface area (Å²) < 4.78 is 25.5. The van der Waals surface area contributed by atoms with Crippen LogP contribution in [0.1, 0.15) is 33.4 Å². The Balaban J connectivity index is 1.09. The summed E-state index contributed by atoms with van der Waals surface area (Å²) in [5.41, 5.74) is 5.92. The van der Waals surface area contributed by atoms with Gasteiger partial charge >= 0.3 is 5.79 Å². The number of ether oxygens (including phenoxy) is 4. The summed E-state index contributed by atoms with van der Waals surface area (Å²) in [6.07, 6.45) is 2.90. The van der Waals surface area contributed by atoms with E-state index in [1.807, 2.05) is 115 Å². The Morgan fingerprint density at radius 1 is 0.583 bits per heavy atom. The third kappa shape index (κ3) is 6.38. The van der Waals surface area contributed by atoms with Crippen molar-refractivity contribution in [3.05, 3.63) is 173 Å². The van der Waals surface area contributed by atoms with Gasteiger partial charge in [-0.25, -0.2) is 0 Å². The van der Waals surface area contributed by atoms with Gasteiger partial charge in [0.25, 0.3) is 0 Å². The van der Waals surface area contributed by atoms with E-state index in [9.17, 15) is 10.2 Å². The van der Waals surface area contributed by atoms with Crippen LogP contribution in [0.5, 0.6) is 40.2 Å². The number of methoxy groups -OCH3 is 1. The lowest BCUT2D eigenvalue weighted by Crippen LogP contribution is -2.36. The molecule has 0 saturated heterocycles. The molecule has 0 bridgehead atoms. The number of benzene rings is 6. The number of rotatable bonds is 11. The van der Waals surface area contributed by atoms with E-state index < -0.39 is 5.79 Å². The summed E-state index contributed by atoms with van der Waals surface area (Å²) in [6.45, 7) is 0. The van der Waals surface area contributed by atoms with Gasteiger partial charge in [-0.15, -0.1) is 0 Å². The molecule has 240 valence electrons. The van der Waals surface area contributed by atoms with E-state index in [0.29, 0.717) is 35.2 Å². The van der Waals surface area contributed by atoms with Gasteiger partial charge in [0, 0.05) is 11.1 Å². The van der Waals surface area contributed by atoms with Crippen molar-refractivity contribution in [2.75, 3.05) is 7.11 Å². The van der Waals surface area contributed by atoms with Crippen molar-refractivity contribution in [1.29, 1.82) is 0 Å². The van der Waals surface area contributed by atoms with E-state index in [-0.39, 0.29) is 11.5 Å². The highest BCUT2D eigenvalue weighted by Crippen LogP contribution is 2.52. The number of phenols is 2. The molecule has 0 fully saturated rings. The summed E-state index contributed by atoms with van der Waals surface area (Å²) in [5, 5.41) is 20.3. The zero-order chi connectivity index (χ0) is 32.9. The monoisotopic (exact) mass is 636 g/mol. The molecule has 0 spiro atoms. The number of aromatic hydroxyl groups is 2. The molecule has 6 aromatic carbocycles. The maximum absolute atomic E-state index is 10.7. The van der Waals surface area contributed by atoms with E-state index in [0.717, 1.165) is 52.6 Å². The van der Waals surface area contributed by atoms with Gasteiger partial charge in [-0.2, -0.15) is 0 Å². The largest absolute Gasteiger partial charge is 0.508 e. The van der Waals surface area contributed by atoms with Gasteiger partial charge in [0.05, 0.1) is 7.11 Å². The second kappa shape index (κ2) is 13.5. The van der Waals surface area contributed by atoms with Crippen LogP contribution in [0.4, 0.5) is 0 Å². The average Bonchev–Trinajstić information content (AvgIpc) is 3.53. The minimum Gasteiger partial charge on any atom is -0.508 e.